The number of carbonyl (C=O) groups is 1. The summed E-state index contributed by atoms with van der Waals surface area (Å²) in [6, 6.07) is 3.99. The number of aryl methyl sites for hydroxylation is 1. The second kappa shape index (κ2) is 8.21. The van der Waals surface area contributed by atoms with Crippen molar-refractivity contribution in [3.8, 4) is 11.4 Å². The van der Waals surface area contributed by atoms with Crippen LogP contribution >= 0.6 is 0 Å². The van der Waals surface area contributed by atoms with Gasteiger partial charge in [0.25, 0.3) is 0 Å². The summed E-state index contributed by atoms with van der Waals surface area (Å²) in [6.45, 7) is 6.17. The van der Waals surface area contributed by atoms with E-state index in [1.54, 1.807) is 6.20 Å². The van der Waals surface area contributed by atoms with Crippen molar-refractivity contribution in [1.29, 1.82) is 0 Å². The van der Waals surface area contributed by atoms with Crippen LogP contribution in [0.4, 0.5) is 0 Å². The number of rotatable bonds is 4. The molecule has 0 radical (unpaired) electrons. The van der Waals surface area contributed by atoms with Crippen molar-refractivity contribution in [2.75, 3.05) is 26.3 Å². The first-order valence-corrected chi connectivity index (χ1v) is 10.0. The Balaban J connectivity index is 1.45. The maximum Gasteiger partial charge on any atom is 0.225 e. The van der Waals surface area contributed by atoms with E-state index in [9.17, 15) is 4.79 Å². The maximum absolute atomic E-state index is 12.9. The van der Waals surface area contributed by atoms with E-state index in [2.05, 4.69) is 26.4 Å². The molecule has 1 unspecified atom stereocenters. The third-order valence-corrected chi connectivity index (χ3v) is 5.82. The van der Waals surface area contributed by atoms with Crippen LogP contribution < -0.4 is 0 Å². The molecule has 0 aromatic carbocycles. The molecule has 6 nitrogen and oxygen atoms in total. The highest BCUT2D eigenvalue weighted by Crippen LogP contribution is 2.26. The molecule has 2 aromatic heterocycles. The van der Waals surface area contributed by atoms with E-state index in [4.69, 9.17) is 4.74 Å². The molecule has 6 heteroatoms. The molecule has 0 aliphatic carbocycles. The Morgan fingerprint density at radius 2 is 2.11 bits per heavy atom. The van der Waals surface area contributed by atoms with Crippen LogP contribution in [0, 0.1) is 18.8 Å². The molecular weight excluding hydrogens is 340 g/mol. The minimum absolute atomic E-state index is 0.151. The number of nitrogens with zero attached hydrogens (tertiary/aromatic N) is 4. The van der Waals surface area contributed by atoms with Crippen molar-refractivity contribution in [3.05, 3.63) is 36.4 Å². The van der Waals surface area contributed by atoms with Crippen LogP contribution in [0.1, 0.15) is 31.4 Å². The van der Waals surface area contributed by atoms with Gasteiger partial charge < -0.3 is 14.2 Å². The number of hydrogen-bond acceptors (Lipinski definition) is 4. The normalized spacial score (nSPS) is 21.4. The summed E-state index contributed by atoms with van der Waals surface area (Å²) in [5.74, 6) is 1.91. The van der Waals surface area contributed by atoms with Crippen LogP contribution in [0.15, 0.2) is 30.7 Å². The largest absolute Gasteiger partial charge is 0.381 e. The van der Waals surface area contributed by atoms with Gasteiger partial charge >= 0.3 is 0 Å². The van der Waals surface area contributed by atoms with Crippen molar-refractivity contribution >= 4 is 5.91 Å². The first kappa shape index (κ1) is 18.2. The Labute approximate surface area is 160 Å². The lowest BCUT2D eigenvalue weighted by atomic mass is 9.93. The second-order valence-electron chi connectivity index (χ2n) is 7.75. The van der Waals surface area contributed by atoms with Gasteiger partial charge in [0.1, 0.15) is 5.82 Å². The number of ether oxygens (including phenoxy) is 1. The van der Waals surface area contributed by atoms with Crippen LogP contribution in [0.25, 0.3) is 11.4 Å². The minimum atomic E-state index is 0.151. The van der Waals surface area contributed by atoms with Gasteiger partial charge in [0.05, 0.1) is 0 Å². The van der Waals surface area contributed by atoms with Crippen molar-refractivity contribution in [3.63, 3.8) is 0 Å². The molecule has 2 aromatic rings. The zero-order chi connectivity index (χ0) is 18.6. The van der Waals surface area contributed by atoms with Gasteiger partial charge in [-0.2, -0.15) is 0 Å². The molecule has 0 spiro atoms. The summed E-state index contributed by atoms with van der Waals surface area (Å²) in [7, 11) is 0. The van der Waals surface area contributed by atoms with Gasteiger partial charge in [-0.3, -0.25) is 9.78 Å². The van der Waals surface area contributed by atoms with Gasteiger partial charge in [-0.1, -0.05) is 0 Å². The van der Waals surface area contributed by atoms with E-state index < -0.39 is 0 Å². The highest BCUT2D eigenvalue weighted by atomic mass is 16.5. The lowest BCUT2D eigenvalue weighted by Gasteiger charge is -2.36. The summed E-state index contributed by atoms with van der Waals surface area (Å²) < 4.78 is 7.69. The topological polar surface area (TPSA) is 60.2 Å². The standard InChI is InChI=1S/C21H28N4O2/c1-16-12-23-20(19-5-2-8-22-13-19)25(16)15-17-4-3-9-24(14-17)21(26)18-6-10-27-11-7-18/h2,5,8,12-13,17-18H,3-4,6-7,9-11,14-15H2,1H3. The molecule has 27 heavy (non-hydrogen) atoms. The summed E-state index contributed by atoms with van der Waals surface area (Å²) in [4.78, 5) is 23.8. The third-order valence-electron chi connectivity index (χ3n) is 5.82. The highest BCUT2D eigenvalue weighted by molar-refractivity contribution is 5.79. The highest BCUT2D eigenvalue weighted by Gasteiger charge is 2.30. The summed E-state index contributed by atoms with van der Waals surface area (Å²) in [6.07, 6.45) is 9.54. The number of hydrogen-bond donors (Lipinski definition) is 0. The molecule has 2 aliphatic heterocycles. The molecule has 1 atom stereocenters. The number of imidazole rings is 1. The molecule has 2 saturated heterocycles. The van der Waals surface area contributed by atoms with E-state index in [-0.39, 0.29) is 5.92 Å². The fraction of sp³-hybridized carbons (Fsp3) is 0.571. The summed E-state index contributed by atoms with van der Waals surface area (Å²) >= 11 is 0. The van der Waals surface area contributed by atoms with Gasteiger partial charge in [0.2, 0.25) is 5.91 Å². The molecule has 4 rings (SSSR count). The lowest BCUT2D eigenvalue weighted by Crippen LogP contribution is -2.45. The Kier molecular flexibility index (Phi) is 5.53. The quantitative estimate of drug-likeness (QED) is 0.833. The number of aromatic nitrogens is 3. The lowest BCUT2D eigenvalue weighted by molar-refractivity contribution is -0.140. The Morgan fingerprint density at radius 3 is 2.89 bits per heavy atom. The Morgan fingerprint density at radius 1 is 1.26 bits per heavy atom. The molecule has 0 N–H and O–H groups in total. The third kappa shape index (κ3) is 4.05. The first-order chi connectivity index (χ1) is 13.2. The molecular formula is C21H28N4O2. The van der Waals surface area contributed by atoms with Gasteiger partial charge in [0, 0.05) is 68.6 Å². The van der Waals surface area contributed by atoms with Crippen molar-refractivity contribution in [1.82, 2.24) is 19.4 Å². The molecule has 0 saturated carbocycles. The molecule has 144 valence electrons. The molecule has 2 aliphatic rings. The van der Waals surface area contributed by atoms with Crippen molar-refractivity contribution in [2.24, 2.45) is 11.8 Å². The zero-order valence-corrected chi connectivity index (χ0v) is 16.0. The smallest absolute Gasteiger partial charge is 0.225 e. The molecule has 1 amide bonds. The number of piperidine rings is 1. The van der Waals surface area contributed by atoms with E-state index in [0.29, 0.717) is 11.8 Å². The van der Waals surface area contributed by atoms with Gasteiger partial charge in [-0.25, -0.2) is 4.98 Å². The average Bonchev–Trinajstić information content (AvgIpc) is 3.09. The first-order valence-electron chi connectivity index (χ1n) is 10.0. The molecule has 4 heterocycles. The maximum atomic E-state index is 12.9. The van der Waals surface area contributed by atoms with E-state index >= 15 is 0 Å². The second-order valence-corrected chi connectivity index (χ2v) is 7.75. The van der Waals surface area contributed by atoms with Crippen molar-refractivity contribution in [2.45, 2.75) is 39.2 Å². The Bertz CT molecular complexity index is 768. The number of carbonyl (C=O) groups excluding carboxylic acids is 1. The Hall–Kier alpha value is -2.21. The number of likely N-dealkylation sites (tertiary alicyclic amines) is 1. The van der Waals surface area contributed by atoms with E-state index in [0.717, 1.165) is 75.6 Å². The fourth-order valence-corrected chi connectivity index (χ4v) is 4.29. The van der Waals surface area contributed by atoms with Gasteiger partial charge in [-0.15, -0.1) is 0 Å². The summed E-state index contributed by atoms with van der Waals surface area (Å²) in [5.41, 5.74) is 2.19. The minimum Gasteiger partial charge on any atom is -0.381 e. The SMILES string of the molecule is Cc1cnc(-c2cccnc2)n1CC1CCCN(C(=O)C2CCOCC2)C1. The van der Waals surface area contributed by atoms with Crippen molar-refractivity contribution < 1.29 is 9.53 Å². The number of pyridine rings is 1. The van der Waals surface area contributed by atoms with E-state index in [1.165, 1.54) is 0 Å². The molecule has 2 fully saturated rings. The predicted molar refractivity (Wildman–Crippen MR) is 103 cm³/mol. The number of amides is 1. The molecule has 0 bridgehead atoms. The monoisotopic (exact) mass is 368 g/mol. The average molecular weight is 368 g/mol. The van der Waals surface area contributed by atoms with Crippen LogP contribution in [-0.2, 0) is 16.1 Å². The van der Waals surface area contributed by atoms with Gasteiger partial charge in [0.15, 0.2) is 0 Å². The summed E-state index contributed by atoms with van der Waals surface area (Å²) in [5, 5.41) is 0. The van der Waals surface area contributed by atoms with Crippen LogP contribution in [0.2, 0.25) is 0 Å². The zero-order valence-electron chi connectivity index (χ0n) is 16.0. The van der Waals surface area contributed by atoms with Gasteiger partial charge in [-0.05, 0) is 50.7 Å². The van der Waals surface area contributed by atoms with Crippen LogP contribution in [0.3, 0.4) is 0 Å². The van der Waals surface area contributed by atoms with Crippen LogP contribution in [-0.4, -0.2) is 51.6 Å². The fourth-order valence-electron chi connectivity index (χ4n) is 4.29. The van der Waals surface area contributed by atoms with Crippen LogP contribution in [0.5, 0.6) is 0 Å². The van der Waals surface area contributed by atoms with E-state index in [1.807, 2.05) is 24.5 Å². The predicted octanol–water partition coefficient (Wildman–Crippen LogP) is 2.92.